The standard InChI is InChI=1S/C17H23NO4/c1-4-6-7-18-14-9-13(11-19)10-15(21-8-5-2)16(14)22-12(3)17(18)20/h9-12H,4-8H2,1-3H3. The van der Waals surface area contributed by atoms with Crippen LogP contribution in [0.2, 0.25) is 0 Å². The fraction of sp³-hybridized carbons (Fsp3) is 0.529. The summed E-state index contributed by atoms with van der Waals surface area (Å²) in [6.45, 7) is 6.98. The van der Waals surface area contributed by atoms with Gasteiger partial charge >= 0.3 is 0 Å². The smallest absolute Gasteiger partial charge is 0.267 e. The van der Waals surface area contributed by atoms with E-state index in [1.165, 1.54) is 0 Å². The molecule has 0 fully saturated rings. The molecule has 1 aromatic carbocycles. The number of benzene rings is 1. The zero-order valence-electron chi connectivity index (χ0n) is 13.4. The predicted molar refractivity (Wildman–Crippen MR) is 85.0 cm³/mol. The summed E-state index contributed by atoms with van der Waals surface area (Å²) >= 11 is 0. The molecule has 0 bridgehead atoms. The molecule has 0 radical (unpaired) electrons. The maximum Gasteiger partial charge on any atom is 0.267 e. The van der Waals surface area contributed by atoms with E-state index in [4.69, 9.17) is 9.47 Å². The number of fused-ring (bicyclic) bond motifs is 1. The minimum absolute atomic E-state index is 0.0783. The average Bonchev–Trinajstić information content (AvgIpc) is 2.53. The molecule has 1 aromatic rings. The molecule has 1 unspecified atom stereocenters. The molecule has 1 atom stereocenters. The van der Waals surface area contributed by atoms with Crippen molar-refractivity contribution in [2.24, 2.45) is 0 Å². The fourth-order valence-corrected chi connectivity index (χ4v) is 2.43. The van der Waals surface area contributed by atoms with Crippen molar-refractivity contribution >= 4 is 17.9 Å². The van der Waals surface area contributed by atoms with Crippen LogP contribution in [-0.4, -0.2) is 31.4 Å². The third-order valence-electron chi connectivity index (χ3n) is 3.59. The quantitative estimate of drug-likeness (QED) is 0.726. The number of nitrogens with zero attached hydrogens (tertiary/aromatic N) is 1. The van der Waals surface area contributed by atoms with E-state index in [1.54, 1.807) is 24.0 Å². The van der Waals surface area contributed by atoms with Crippen LogP contribution in [0.25, 0.3) is 0 Å². The highest BCUT2D eigenvalue weighted by molar-refractivity contribution is 6.01. The Hall–Kier alpha value is -2.04. The molecule has 5 nitrogen and oxygen atoms in total. The highest BCUT2D eigenvalue weighted by atomic mass is 16.5. The summed E-state index contributed by atoms with van der Waals surface area (Å²) in [5.74, 6) is 1.01. The van der Waals surface area contributed by atoms with Gasteiger partial charge in [0.1, 0.15) is 6.29 Å². The van der Waals surface area contributed by atoms with Crippen molar-refractivity contribution in [3.8, 4) is 11.5 Å². The van der Waals surface area contributed by atoms with Gasteiger partial charge in [0, 0.05) is 12.1 Å². The summed E-state index contributed by atoms with van der Waals surface area (Å²) in [4.78, 5) is 25.3. The molecule has 1 amide bonds. The number of carbonyl (C=O) groups excluding carboxylic acids is 2. The molecule has 120 valence electrons. The van der Waals surface area contributed by atoms with Crippen LogP contribution >= 0.6 is 0 Å². The Morgan fingerprint density at radius 2 is 2.09 bits per heavy atom. The molecule has 1 aliphatic heterocycles. The Labute approximate surface area is 131 Å². The van der Waals surface area contributed by atoms with E-state index >= 15 is 0 Å². The van der Waals surface area contributed by atoms with Gasteiger partial charge in [0.15, 0.2) is 17.6 Å². The normalized spacial score (nSPS) is 17.0. The first-order chi connectivity index (χ1) is 10.6. The van der Waals surface area contributed by atoms with Gasteiger partial charge in [0.2, 0.25) is 0 Å². The topological polar surface area (TPSA) is 55.8 Å². The summed E-state index contributed by atoms with van der Waals surface area (Å²) in [6, 6.07) is 3.36. The SMILES string of the molecule is CCCCN1C(=O)C(C)Oc2c(OCCC)cc(C=O)cc21. The van der Waals surface area contributed by atoms with Gasteiger partial charge in [-0.05, 0) is 31.9 Å². The predicted octanol–water partition coefficient (Wildman–Crippen LogP) is 3.20. The Bertz CT molecular complexity index is 556. The number of aldehydes is 1. The van der Waals surface area contributed by atoms with E-state index in [0.29, 0.717) is 35.9 Å². The van der Waals surface area contributed by atoms with Gasteiger partial charge in [-0.25, -0.2) is 0 Å². The first kappa shape index (κ1) is 16.3. The number of hydrogen-bond acceptors (Lipinski definition) is 4. The summed E-state index contributed by atoms with van der Waals surface area (Å²) in [7, 11) is 0. The number of hydrogen-bond donors (Lipinski definition) is 0. The molecule has 0 aliphatic carbocycles. The molecule has 0 spiro atoms. The van der Waals surface area contributed by atoms with Crippen molar-refractivity contribution in [2.75, 3.05) is 18.1 Å². The molecule has 1 aliphatic rings. The second-order valence-electron chi connectivity index (χ2n) is 5.44. The second kappa shape index (κ2) is 7.29. The summed E-state index contributed by atoms with van der Waals surface area (Å²) in [5.41, 5.74) is 1.12. The number of unbranched alkanes of at least 4 members (excludes halogenated alkanes) is 1. The summed E-state index contributed by atoms with van der Waals surface area (Å²) in [6.07, 6.45) is 2.96. The number of carbonyl (C=O) groups is 2. The lowest BCUT2D eigenvalue weighted by atomic mass is 10.1. The van der Waals surface area contributed by atoms with E-state index in [1.807, 2.05) is 6.92 Å². The summed E-state index contributed by atoms with van der Waals surface area (Å²) in [5, 5.41) is 0. The van der Waals surface area contributed by atoms with Crippen LogP contribution < -0.4 is 14.4 Å². The zero-order valence-corrected chi connectivity index (χ0v) is 13.4. The third kappa shape index (κ3) is 3.24. The molecule has 0 saturated carbocycles. The van der Waals surface area contributed by atoms with Crippen LogP contribution in [0, 0.1) is 0 Å². The number of anilines is 1. The first-order valence-corrected chi connectivity index (χ1v) is 7.86. The summed E-state index contributed by atoms with van der Waals surface area (Å²) < 4.78 is 11.5. The number of ether oxygens (including phenoxy) is 2. The molecule has 22 heavy (non-hydrogen) atoms. The highest BCUT2D eigenvalue weighted by Gasteiger charge is 2.33. The van der Waals surface area contributed by atoms with Gasteiger partial charge in [0.25, 0.3) is 5.91 Å². The molecular weight excluding hydrogens is 282 g/mol. The lowest BCUT2D eigenvalue weighted by molar-refractivity contribution is -0.125. The Morgan fingerprint density at radius 3 is 2.73 bits per heavy atom. The van der Waals surface area contributed by atoms with Crippen LogP contribution in [0.3, 0.4) is 0 Å². The fourth-order valence-electron chi connectivity index (χ4n) is 2.43. The monoisotopic (exact) mass is 305 g/mol. The molecule has 0 saturated heterocycles. The van der Waals surface area contributed by atoms with Crippen LogP contribution in [0.15, 0.2) is 12.1 Å². The highest BCUT2D eigenvalue weighted by Crippen LogP contribution is 2.42. The van der Waals surface area contributed by atoms with Crippen LogP contribution in [0.4, 0.5) is 5.69 Å². The molecule has 1 heterocycles. The first-order valence-electron chi connectivity index (χ1n) is 7.86. The van der Waals surface area contributed by atoms with Crippen LogP contribution in [0.1, 0.15) is 50.4 Å². The Balaban J connectivity index is 2.47. The van der Waals surface area contributed by atoms with Gasteiger partial charge in [-0.3, -0.25) is 9.59 Å². The molecule has 5 heteroatoms. The number of rotatable bonds is 7. The van der Waals surface area contributed by atoms with Gasteiger partial charge in [-0.1, -0.05) is 20.3 Å². The van der Waals surface area contributed by atoms with E-state index < -0.39 is 6.10 Å². The zero-order chi connectivity index (χ0) is 16.1. The minimum Gasteiger partial charge on any atom is -0.490 e. The van der Waals surface area contributed by atoms with Crippen molar-refractivity contribution in [2.45, 2.75) is 46.1 Å². The maximum atomic E-state index is 12.4. The van der Waals surface area contributed by atoms with Crippen molar-refractivity contribution in [3.63, 3.8) is 0 Å². The van der Waals surface area contributed by atoms with E-state index in [2.05, 4.69) is 6.92 Å². The molecule has 2 rings (SSSR count). The van der Waals surface area contributed by atoms with Crippen molar-refractivity contribution in [3.05, 3.63) is 17.7 Å². The van der Waals surface area contributed by atoms with Crippen LogP contribution in [0.5, 0.6) is 11.5 Å². The molecular formula is C17H23NO4. The van der Waals surface area contributed by atoms with E-state index in [-0.39, 0.29) is 5.91 Å². The second-order valence-corrected chi connectivity index (χ2v) is 5.44. The Kier molecular flexibility index (Phi) is 5.41. The minimum atomic E-state index is -0.546. The molecule has 0 aromatic heterocycles. The van der Waals surface area contributed by atoms with Crippen molar-refractivity contribution in [1.82, 2.24) is 0 Å². The molecule has 0 N–H and O–H groups in total. The van der Waals surface area contributed by atoms with Crippen LogP contribution in [-0.2, 0) is 4.79 Å². The maximum absolute atomic E-state index is 12.4. The van der Waals surface area contributed by atoms with Gasteiger partial charge in [0.05, 0.1) is 12.3 Å². The average molecular weight is 305 g/mol. The van der Waals surface area contributed by atoms with Crippen molar-refractivity contribution in [1.29, 1.82) is 0 Å². The largest absolute Gasteiger partial charge is 0.490 e. The number of amides is 1. The van der Waals surface area contributed by atoms with Gasteiger partial charge in [-0.2, -0.15) is 0 Å². The third-order valence-corrected chi connectivity index (χ3v) is 3.59. The lowest BCUT2D eigenvalue weighted by Crippen LogP contribution is -2.45. The van der Waals surface area contributed by atoms with Gasteiger partial charge < -0.3 is 14.4 Å². The van der Waals surface area contributed by atoms with Crippen molar-refractivity contribution < 1.29 is 19.1 Å². The van der Waals surface area contributed by atoms with E-state index in [0.717, 1.165) is 25.5 Å². The van der Waals surface area contributed by atoms with E-state index in [9.17, 15) is 9.59 Å². The van der Waals surface area contributed by atoms with Gasteiger partial charge in [-0.15, -0.1) is 0 Å². The lowest BCUT2D eigenvalue weighted by Gasteiger charge is -2.34. The Morgan fingerprint density at radius 1 is 1.32 bits per heavy atom.